The van der Waals surface area contributed by atoms with Crippen molar-refractivity contribution in [2.45, 2.75) is 46.2 Å². The molecule has 1 fully saturated rings. The van der Waals surface area contributed by atoms with E-state index in [0.29, 0.717) is 0 Å². The van der Waals surface area contributed by atoms with Crippen LogP contribution >= 0.6 is 0 Å². The van der Waals surface area contributed by atoms with E-state index in [1.165, 1.54) is 10.7 Å². The number of rotatable bonds is 4. The van der Waals surface area contributed by atoms with Gasteiger partial charge in [-0.05, 0) is 38.7 Å². The summed E-state index contributed by atoms with van der Waals surface area (Å²) in [5, 5.41) is 7.11. The lowest BCUT2D eigenvalue weighted by atomic mass is 9.99. The summed E-state index contributed by atoms with van der Waals surface area (Å²) in [6, 6.07) is 3.29. The van der Waals surface area contributed by atoms with Crippen LogP contribution in [0.1, 0.15) is 33.6 Å². The molecular formula is C15H24N4O2. The van der Waals surface area contributed by atoms with Crippen LogP contribution in [0.5, 0.6) is 0 Å². The van der Waals surface area contributed by atoms with Gasteiger partial charge in [0.05, 0.1) is 0 Å². The van der Waals surface area contributed by atoms with Crippen molar-refractivity contribution in [2.24, 2.45) is 5.92 Å². The number of anilines is 1. The van der Waals surface area contributed by atoms with Gasteiger partial charge < -0.3 is 10.2 Å². The molecule has 0 aliphatic carbocycles. The van der Waals surface area contributed by atoms with Crippen molar-refractivity contribution >= 4 is 11.7 Å². The standard InChI is InChI=1S/C15H24N4O2/c1-11(2)16-14(20)10-19-15(21)5-4-13(17-19)18-8-6-12(3)7-9-18/h4-5,11-12H,6-10H2,1-3H3,(H,16,20). The predicted octanol–water partition coefficient (Wildman–Crippen LogP) is 1.00. The summed E-state index contributed by atoms with van der Waals surface area (Å²) in [7, 11) is 0. The van der Waals surface area contributed by atoms with Gasteiger partial charge in [0.25, 0.3) is 5.56 Å². The van der Waals surface area contributed by atoms with Crippen LogP contribution in [0.3, 0.4) is 0 Å². The van der Waals surface area contributed by atoms with E-state index in [9.17, 15) is 9.59 Å². The fourth-order valence-corrected chi connectivity index (χ4v) is 2.46. The Balaban J connectivity index is 2.10. The zero-order valence-electron chi connectivity index (χ0n) is 13.0. The van der Waals surface area contributed by atoms with Crippen molar-refractivity contribution in [3.63, 3.8) is 0 Å². The molecule has 1 aromatic heterocycles. The van der Waals surface area contributed by atoms with Crippen molar-refractivity contribution in [3.05, 3.63) is 22.5 Å². The van der Waals surface area contributed by atoms with Crippen LogP contribution in [-0.2, 0) is 11.3 Å². The van der Waals surface area contributed by atoms with Crippen molar-refractivity contribution in [1.29, 1.82) is 0 Å². The molecule has 0 unspecified atom stereocenters. The molecule has 0 aromatic carbocycles. The molecule has 1 amide bonds. The maximum Gasteiger partial charge on any atom is 0.267 e. The van der Waals surface area contributed by atoms with E-state index in [1.807, 2.05) is 13.8 Å². The number of nitrogens with one attached hydrogen (secondary N) is 1. The molecule has 2 heterocycles. The molecular weight excluding hydrogens is 268 g/mol. The summed E-state index contributed by atoms with van der Waals surface area (Å²) < 4.78 is 1.24. The molecule has 1 aromatic rings. The third-order valence-corrected chi connectivity index (χ3v) is 3.70. The zero-order chi connectivity index (χ0) is 15.4. The normalized spacial score (nSPS) is 16.3. The maximum atomic E-state index is 11.8. The Morgan fingerprint density at radius 2 is 2.05 bits per heavy atom. The van der Waals surface area contributed by atoms with E-state index in [4.69, 9.17) is 0 Å². The SMILES string of the molecule is CC1CCN(c2ccc(=O)n(CC(=O)NC(C)C)n2)CC1. The van der Waals surface area contributed by atoms with Crippen molar-refractivity contribution in [1.82, 2.24) is 15.1 Å². The largest absolute Gasteiger partial charge is 0.355 e. The van der Waals surface area contributed by atoms with Gasteiger partial charge in [0.2, 0.25) is 5.91 Å². The van der Waals surface area contributed by atoms with Gasteiger partial charge in [-0.15, -0.1) is 0 Å². The molecule has 6 heteroatoms. The van der Waals surface area contributed by atoms with Crippen LogP contribution in [0.4, 0.5) is 5.82 Å². The fourth-order valence-electron chi connectivity index (χ4n) is 2.46. The lowest BCUT2D eigenvalue weighted by molar-refractivity contribution is -0.122. The van der Waals surface area contributed by atoms with Gasteiger partial charge in [-0.1, -0.05) is 6.92 Å². The van der Waals surface area contributed by atoms with Gasteiger partial charge in [-0.2, -0.15) is 5.10 Å². The van der Waals surface area contributed by atoms with Crippen molar-refractivity contribution in [2.75, 3.05) is 18.0 Å². The van der Waals surface area contributed by atoms with Gasteiger partial charge in [0.1, 0.15) is 12.4 Å². The zero-order valence-corrected chi connectivity index (χ0v) is 13.0. The minimum Gasteiger partial charge on any atom is -0.355 e. The molecule has 116 valence electrons. The lowest BCUT2D eigenvalue weighted by Gasteiger charge is -2.31. The Kier molecular flexibility index (Phi) is 4.98. The second-order valence-electron chi connectivity index (χ2n) is 6.08. The summed E-state index contributed by atoms with van der Waals surface area (Å²) in [6.07, 6.45) is 2.27. The van der Waals surface area contributed by atoms with Crippen LogP contribution in [0, 0.1) is 5.92 Å². The number of aromatic nitrogens is 2. The number of hydrogen-bond acceptors (Lipinski definition) is 4. The van der Waals surface area contributed by atoms with E-state index in [0.717, 1.165) is 37.7 Å². The van der Waals surface area contributed by atoms with Crippen LogP contribution < -0.4 is 15.8 Å². The molecule has 0 saturated carbocycles. The Morgan fingerprint density at radius 3 is 2.67 bits per heavy atom. The Labute approximate surface area is 125 Å². The molecule has 1 aliphatic rings. The summed E-state index contributed by atoms with van der Waals surface area (Å²) >= 11 is 0. The quantitative estimate of drug-likeness (QED) is 0.899. The van der Waals surface area contributed by atoms with Gasteiger partial charge in [-0.25, -0.2) is 4.68 Å². The smallest absolute Gasteiger partial charge is 0.267 e. The highest BCUT2D eigenvalue weighted by molar-refractivity contribution is 5.75. The first-order chi connectivity index (χ1) is 9.95. The van der Waals surface area contributed by atoms with E-state index >= 15 is 0 Å². The average Bonchev–Trinajstić information content (AvgIpc) is 2.41. The van der Waals surface area contributed by atoms with Gasteiger partial charge in [0.15, 0.2) is 0 Å². The number of carbonyl (C=O) groups is 1. The first-order valence-corrected chi connectivity index (χ1v) is 7.58. The van der Waals surface area contributed by atoms with E-state index in [-0.39, 0.29) is 24.1 Å². The second-order valence-corrected chi connectivity index (χ2v) is 6.08. The molecule has 2 rings (SSSR count). The van der Waals surface area contributed by atoms with E-state index in [1.54, 1.807) is 6.07 Å². The van der Waals surface area contributed by atoms with Gasteiger partial charge in [0, 0.05) is 25.2 Å². The van der Waals surface area contributed by atoms with Crippen LogP contribution in [0.2, 0.25) is 0 Å². The van der Waals surface area contributed by atoms with Crippen LogP contribution in [0.15, 0.2) is 16.9 Å². The first kappa shape index (κ1) is 15.5. The molecule has 6 nitrogen and oxygen atoms in total. The number of hydrogen-bond donors (Lipinski definition) is 1. The highest BCUT2D eigenvalue weighted by Gasteiger charge is 2.18. The topological polar surface area (TPSA) is 67.2 Å². The summed E-state index contributed by atoms with van der Waals surface area (Å²) in [5.74, 6) is 1.33. The molecule has 1 N–H and O–H groups in total. The lowest BCUT2D eigenvalue weighted by Crippen LogP contribution is -2.38. The molecule has 0 radical (unpaired) electrons. The molecule has 1 saturated heterocycles. The molecule has 0 atom stereocenters. The highest BCUT2D eigenvalue weighted by Crippen LogP contribution is 2.20. The Hall–Kier alpha value is -1.85. The van der Waals surface area contributed by atoms with Crippen LogP contribution in [-0.4, -0.2) is 34.8 Å². The predicted molar refractivity (Wildman–Crippen MR) is 82.4 cm³/mol. The van der Waals surface area contributed by atoms with E-state index < -0.39 is 0 Å². The monoisotopic (exact) mass is 292 g/mol. The van der Waals surface area contributed by atoms with Crippen molar-refractivity contribution < 1.29 is 4.79 Å². The average molecular weight is 292 g/mol. The third kappa shape index (κ3) is 4.31. The fraction of sp³-hybridized carbons (Fsp3) is 0.667. The van der Waals surface area contributed by atoms with E-state index in [2.05, 4.69) is 22.2 Å². The number of carbonyl (C=O) groups excluding carboxylic acids is 1. The first-order valence-electron chi connectivity index (χ1n) is 7.58. The number of amides is 1. The summed E-state index contributed by atoms with van der Waals surface area (Å²) in [4.78, 5) is 25.8. The molecule has 21 heavy (non-hydrogen) atoms. The highest BCUT2D eigenvalue weighted by atomic mass is 16.2. The number of piperidine rings is 1. The van der Waals surface area contributed by atoms with Gasteiger partial charge in [-0.3, -0.25) is 9.59 Å². The minimum atomic E-state index is -0.247. The Bertz CT molecular complexity index is 545. The maximum absolute atomic E-state index is 11.8. The van der Waals surface area contributed by atoms with Crippen molar-refractivity contribution in [3.8, 4) is 0 Å². The molecule has 0 bridgehead atoms. The van der Waals surface area contributed by atoms with Crippen LogP contribution in [0.25, 0.3) is 0 Å². The van der Waals surface area contributed by atoms with Gasteiger partial charge >= 0.3 is 0 Å². The number of nitrogens with zero attached hydrogens (tertiary/aromatic N) is 3. The molecule has 0 spiro atoms. The second kappa shape index (κ2) is 6.74. The molecule has 1 aliphatic heterocycles. The summed E-state index contributed by atoms with van der Waals surface area (Å²) in [5.41, 5.74) is -0.247. The third-order valence-electron chi connectivity index (χ3n) is 3.70. The summed E-state index contributed by atoms with van der Waals surface area (Å²) in [6.45, 7) is 7.89. The Morgan fingerprint density at radius 1 is 1.38 bits per heavy atom. The minimum absolute atomic E-state index is 0.0326.